The normalized spacial score (nSPS) is 13.1. The van der Waals surface area contributed by atoms with Gasteiger partial charge in [0.2, 0.25) is 0 Å². The first-order chi connectivity index (χ1) is 17.0. The van der Waals surface area contributed by atoms with E-state index in [1.807, 2.05) is 0 Å². The van der Waals surface area contributed by atoms with Crippen LogP contribution in [0.3, 0.4) is 0 Å². The van der Waals surface area contributed by atoms with E-state index >= 15 is 0 Å². The zero-order valence-corrected chi connectivity index (χ0v) is 20.7. The van der Waals surface area contributed by atoms with Crippen molar-refractivity contribution in [2.24, 2.45) is 0 Å². The number of aromatic nitrogens is 2. The number of sulfonamides is 1. The van der Waals surface area contributed by atoms with E-state index in [4.69, 9.17) is 16.3 Å². The summed E-state index contributed by atoms with van der Waals surface area (Å²) in [5.41, 5.74) is -0.185. The van der Waals surface area contributed by atoms with E-state index in [1.54, 1.807) is 17.5 Å². The molecule has 0 spiro atoms. The second-order valence-electron chi connectivity index (χ2n) is 7.62. The Morgan fingerprint density at radius 3 is 2.72 bits per heavy atom. The van der Waals surface area contributed by atoms with Gasteiger partial charge in [0.25, 0.3) is 10.0 Å². The Bertz CT molecular complexity index is 1440. The standard InChI is InChI=1S/C22H20ClF3N4O4S2/c23-16-6-3-13(10-18(16)30-36(32,33)20-2-1-9-35-20)19(31)12-27-7-8-34-14-4-5-15-17(11-14)28-29-21(15)22(24,25)26/h1-6,9-11,19,27,30-31H,7-8,12H2,(H,28,29)/t19-/m0/s1. The zero-order chi connectivity index (χ0) is 25.9. The molecule has 0 amide bonds. The summed E-state index contributed by atoms with van der Waals surface area (Å²) in [6.07, 6.45) is -5.51. The summed E-state index contributed by atoms with van der Waals surface area (Å²) in [4.78, 5) is 0. The third kappa shape index (κ3) is 6.10. The van der Waals surface area contributed by atoms with Gasteiger partial charge in [-0.05, 0) is 41.3 Å². The highest BCUT2D eigenvalue weighted by Gasteiger charge is 2.35. The number of rotatable bonds is 10. The molecule has 4 N–H and O–H groups in total. The van der Waals surface area contributed by atoms with E-state index in [0.717, 1.165) is 11.3 Å². The Morgan fingerprint density at radius 1 is 1.19 bits per heavy atom. The van der Waals surface area contributed by atoms with Crippen LogP contribution in [0.1, 0.15) is 17.4 Å². The number of benzene rings is 2. The molecule has 0 fully saturated rings. The van der Waals surface area contributed by atoms with Crippen LogP contribution < -0.4 is 14.8 Å². The Kier molecular flexibility index (Phi) is 7.76. The first kappa shape index (κ1) is 26.2. The minimum Gasteiger partial charge on any atom is -0.492 e. The number of nitrogens with zero attached hydrogens (tertiary/aromatic N) is 1. The van der Waals surface area contributed by atoms with Crippen molar-refractivity contribution in [1.82, 2.24) is 15.5 Å². The number of thiophene rings is 1. The third-order valence-electron chi connectivity index (χ3n) is 5.07. The average molecular weight is 561 g/mol. The number of halogens is 4. The molecule has 2 heterocycles. The topological polar surface area (TPSA) is 116 Å². The molecule has 0 unspecified atom stereocenters. The van der Waals surface area contributed by atoms with Crippen molar-refractivity contribution < 1.29 is 31.4 Å². The van der Waals surface area contributed by atoms with Crippen LogP contribution in [-0.4, -0.2) is 43.4 Å². The highest BCUT2D eigenvalue weighted by Crippen LogP contribution is 2.34. The van der Waals surface area contributed by atoms with Crippen LogP contribution in [0.4, 0.5) is 18.9 Å². The fourth-order valence-corrected chi connectivity index (χ4v) is 5.63. The Balaban J connectivity index is 1.29. The number of hydrogen-bond donors (Lipinski definition) is 4. The summed E-state index contributed by atoms with van der Waals surface area (Å²) in [7, 11) is -3.80. The number of alkyl halides is 3. The molecule has 36 heavy (non-hydrogen) atoms. The fraction of sp³-hybridized carbons (Fsp3) is 0.227. The van der Waals surface area contributed by atoms with Crippen LogP contribution in [0.2, 0.25) is 5.02 Å². The minimum atomic E-state index is -4.55. The fourth-order valence-electron chi connectivity index (χ4n) is 3.34. The van der Waals surface area contributed by atoms with Gasteiger partial charge in [-0.15, -0.1) is 11.3 Å². The highest BCUT2D eigenvalue weighted by atomic mass is 35.5. The van der Waals surface area contributed by atoms with Crippen LogP contribution in [0.25, 0.3) is 10.9 Å². The molecule has 1 atom stereocenters. The molecule has 14 heteroatoms. The molecule has 8 nitrogen and oxygen atoms in total. The van der Waals surface area contributed by atoms with E-state index in [2.05, 4.69) is 20.2 Å². The first-order valence-corrected chi connectivity index (χ1v) is 13.2. The summed E-state index contributed by atoms with van der Waals surface area (Å²) in [6, 6.07) is 11.8. The van der Waals surface area contributed by atoms with Gasteiger partial charge in [-0.25, -0.2) is 8.42 Å². The highest BCUT2D eigenvalue weighted by molar-refractivity contribution is 7.94. The van der Waals surface area contributed by atoms with Gasteiger partial charge in [-0.2, -0.15) is 18.3 Å². The van der Waals surface area contributed by atoms with Crippen molar-refractivity contribution in [3.8, 4) is 5.75 Å². The van der Waals surface area contributed by atoms with Crippen molar-refractivity contribution in [3.63, 3.8) is 0 Å². The predicted molar refractivity (Wildman–Crippen MR) is 131 cm³/mol. The van der Waals surface area contributed by atoms with E-state index in [0.29, 0.717) is 17.9 Å². The van der Waals surface area contributed by atoms with Crippen LogP contribution in [0.15, 0.2) is 58.1 Å². The molecule has 0 saturated carbocycles. The smallest absolute Gasteiger partial charge is 0.435 e. The Morgan fingerprint density at radius 2 is 2.00 bits per heavy atom. The molecular formula is C22H20ClF3N4O4S2. The molecule has 4 rings (SSSR count). The third-order valence-corrected chi connectivity index (χ3v) is 8.16. The van der Waals surface area contributed by atoms with Crippen LogP contribution in [0, 0.1) is 0 Å². The maximum atomic E-state index is 12.9. The number of H-pyrrole nitrogens is 1. The molecule has 192 valence electrons. The van der Waals surface area contributed by atoms with Gasteiger partial charge in [-0.1, -0.05) is 23.7 Å². The molecule has 0 aliphatic carbocycles. The van der Waals surface area contributed by atoms with E-state index in [9.17, 15) is 26.7 Å². The Hall–Kier alpha value is -2.84. The molecular weight excluding hydrogens is 541 g/mol. The second-order valence-corrected chi connectivity index (χ2v) is 10.9. The molecule has 0 aliphatic heterocycles. The molecule has 0 aliphatic rings. The predicted octanol–water partition coefficient (Wildman–Crippen LogP) is 4.80. The van der Waals surface area contributed by atoms with Crippen LogP contribution in [-0.2, 0) is 16.2 Å². The number of hydrogen-bond acceptors (Lipinski definition) is 7. The SMILES string of the molecule is O=S(=O)(Nc1cc([C@@H](O)CNCCOc2ccc3c(C(F)(F)F)n[nH]c3c2)ccc1Cl)c1cccs1. The lowest BCUT2D eigenvalue weighted by Crippen LogP contribution is -2.26. The Labute approximate surface area is 213 Å². The van der Waals surface area contributed by atoms with Crippen LogP contribution in [0.5, 0.6) is 5.75 Å². The monoisotopic (exact) mass is 560 g/mol. The van der Waals surface area contributed by atoms with Crippen molar-refractivity contribution in [2.75, 3.05) is 24.4 Å². The van der Waals surface area contributed by atoms with Gasteiger partial charge in [-0.3, -0.25) is 9.82 Å². The molecule has 2 aromatic carbocycles. The quantitative estimate of drug-likeness (QED) is 0.207. The minimum absolute atomic E-state index is 0.0453. The number of aliphatic hydroxyl groups is 1. The van der Waals surface area contributed by atoms with E-state index in [1.165, 1.54) is 36.4 Å². The zero-order valence-electron chi connectivity index (χ0n) is 18.3. The maximum absolute atomic E-state index is 12.9. The van der Waals surface area contributed by atoms with Gasteiger partial charge < -0.3 is 15.2 Å². The van der Waals surface area contributed by atoms with Gasteiger partial charge in [0.05, 0.1) is 22.3 Å². The number of fused-ring (bicyclic) bond motifs is 1. The van der Waals surface area contributed by atoms with Gasteiger partial charge in [0, 0.05) is 24.5 Å². The van der Waals surface area contributed by atoms with Crippen molar-refractivity contribution in [3.05, 3.63) is 70.2 Å². The van der Waals surface area contributed by atoms with Crippen molar-refractivity contribution >= 4 is 49.6 Å². The summed E-state index contributed by atoms with van der Waals surface area (Å²) < 4.78 is 71.8. The number of anilines is 1. The molecule has 4 aromatic rings. The lowest BCUT2D eigenvalue weighted by atomic mass is 10.1. The van der Waals surface area contributed by atoms with Gasteiger partial charge in [0.1, 0.15) is 16.6 Å². The average Bonchev–Trinajstić information content (AvgIpc) is 3.50. The number of aliphatic hydroxyl groups excluding tert-OH is 1. The number of nitrogens with one attached hydrogen (secondary N) is 3. The number of ether oxygens (including phenoxy) is 1. The maximum Gasteiger partial charge on any atom is 0.435 e. The summed E-state index contributed by atoms with van der Waals surface area (Å²) in [6.45, 7) is 0.652. The van der Waals surface area contributed by atoms with Crippen LogP contribution >= 0.6 is 22.9 Å². The largest absolute Gasteiger partial charge is 0.492 e. The summed E-state index contributed by atoms with van der Waals surface area (Å²) in [5, 5.41) is 21.0. The first-order valence-electron chi connectivity index (χ1n) is 10.5. The molecule has 2 aromatic heterocycles. The number of aromatic amines is 1. The lowest BCUT2D eigenvalue weighted by Gasteiger charge is -2.15. The van der Waals surface area contributed by atoms with Crippen molar-refractivity contribution in [1.29, 1.82) is 0 Å². The second kappa shape index (κ2) is 10.6. The lowest BCUT2D eigenvalue weighted by molar-refractivity contribution is -0.139. The molecule has 0 saturated heterocycles. The van der Waals surface area contributed by atoms with Gasteiger partial charge >= 0.3 is 6.18 Å². The van der Waals surface area contributed by atoms with E-state index in [-0.39, 0.29) is 39.0 Å². The summed E-state index contributed by atoms with van der Waals surface area (Å²) >= 11 is 7.20. The summed E-state index contributed by atoms with van der Waals surface area (Å²) in [5.74, 6) is 0.364. The van der Waals surface area contributed by atoms with Gasteiger partial charge in [0.15, 0.2) is 5.69 Å². The molecule has 0 bridgehead atoms. The molecule has 0 radical (unpaired) electrons. The van der Waals surface area contributed by atoms with Crippen molar-refractivity contribution in [2.45, 2.75) is 16.5 Å². The van der Waals surface area contributed by atoms with E-state index < -0.39 is 28.0 Å².